The van der Waals surface area contributed by atoms with Crippen LogP contribution in [-0.2, 0) is 5.54 Å². The molecular formula is C6H9ClIN3. The number of aromatic nitrogens is 3. The second kappa shape index (κ2) is 2.90. The van der Waals surface area contributed by atoms with Crippen LogP contribution in [0.4, 0.5) is 0 Å². The van der Waals surface area contributed by atoms with Crippen molar-refractivity contribution in [2.45, 2.75) is 26.3 Å². The van der Waals surface area contributed by atoms with Crippen LogP contribution >= 0.6 is 34.2 Å². The van der Waals surface area contributed by atoms with E-state index in [2.05, 4.69) is 53.6 Å². The van der Waals surface area contributed by atoms with Crippen molar-refractivity contribution in [1.82, 2.24) is 14.8 Å². The maximum absolute atomic E-state index is 5.81. The maximum Gasteiger partial charge on any atom is 0.226 e. The Balaban J connectivity index is 3.21. The van der Waals surface area contributed by atoms with E-state index in [1.54, 1.807) is 0 Å². The van der Waals surface area contributed by atoms with Gasteiger partial charge in [-0.1, -0.05) is 0 Å². The van der Waals surface area contributed by atoms with Gasteiger partial charge in [0.1, 0.15) is 0 Å². The normalized spacial score (nSPS) is 12.1. The summed E-state index contributed by atoms with van der Waals surface area (Å²) in [5.74, 6) is 0. The molecule has 0 spiro atoms. The molecule has 3 nitrogen and oxygen atoms in total. The topological polar surface area (TPSA) is 30.7 Å². The van der Waals surface area contributed by atoms with Gasteiger partial charge in [0, 0.05) is 28.1 Å². The molecule has 0 saturated heterocycles. The van der Waals surface area contributed by atoms with E-state index in [4.69, 9.17) is 11.6 Å². The van der Waals surface area contributed by atoms with Gasteiger partial charge < -0.3 is 0 Å². The minimum absolute atomic E-state index is 0.0445. The second-order valence-electron chi connectivity index (χ2n) is 3.24. The molecule has 0 aliphatic rings. The van der Waals surface area contributed by atoms with Crippen LogP contribution in [0.3, 0.4) is 0 Å². The van der Waals surface area contributed by atoms with Crippen molar-refractivity contribution in [1.29, 1.82) is 0 Å². The van der Waals surface area contributed by atoms with E-state index in [0.717, 1.165) is 3.83 Å². The third-order valence-electron chi connectivity index (χ3n) is 1.25. The minimum Gasteiger partial charge on any atom is -0.288 e. The first kappa shape index (κ1) is 9.25. The Labute approximate surface area is 84.3 Å². The maximum atomic E-state index is 5.81. The highest BCUT2D eigenvalue weighted by Crippen LogP contribution is 2.21. The third-order valence-corrected chi connectivity index (χ3v) is 2.20. The molecule has 0 aromatic carbocycles. The zero-order valence-electron chi connectivity index (χ0n) is 6.60. The summed E-state index contributed by atoms with van der Waals surface area (Å²) in [5, 5.41) is 8.05. The standard InChI is InChI=1S/C6H9ClIN3/c1-6(2,3)11-4(7)9-10-5(11)8/h1-3H3. The molecule has 0 aliphatic carbocycles. The molecular weight excluding hydrogens is 276 g/mol. The lowest BCUT2D eigenvalue weighted by Crippen LogP contribution is -2.23. The molecule has 1 aromatic heterocycles. The second-order valence-corrected chi connectivity index (χ2v) is 4.55. The van der Waals surface area contributed by atoms with Crippen molar-refractivity contribution < 1.29 is 0 Å². The molecule has 0 bridgehead atoms. The average Bonchev–Trinajstić information content (AvgIpc) is 2.08. The number of rotatable bonds is 0. The molecule has 11 heavy (non-hydrogen) atoms. The molecule has 0 saturated carbocycles. The van der Waals surface area contributed by atoms with E-state index in [-0.39, 0.29) is 5.54 Å². The Morgan fingerprint density at radius 2 is 1.91 bits per heavy atom. The highest BCUT2D eigenvalue weighted by atomic mass is 127. The molecule has 1 aromatic rings. The first-order valence-corrected chi connectivity index (χ1v) is 4.65. The monoisotopic (exact) mass is 285 g/mol. The van der Waals surface area contributed by atoms with Gasteiger partial charge >= 0.3 is 0 Å². The number of nitrogens with zero attached hydrogens (tertiary/aromatic N) is 3. The highest BCUT2D eigenvalue weighted by molar-refractivity contribution is 14.1. The van der Waals surface area contributed by atoms with E-state index in [9.17, 15) is 0 Å². The van der Waals surface area contributed by atoms with Crippen molar-refractivity contribution in [3.63, 3.8) is 0 Å². The van der Waals surface area contributed by atoms with Gasteiger partial charge in [0.25, 0.3) is 0 Å². The number of hydrogen-bond donors (Lipinski definition) is 0. The van der Waals surface area contributed by atoms with Gasteiger partial charge in [-0.2, -0.15) is 0 Å². The summed E-state index contributed by atoms with van der Waals surface area (Å²) >= 11 is 7.93. The Hall–Kier alpha value is 0.160. The molecule has 0 radical (unpaired) electrons. The first-order chi connectivity index (χ1) is 4.93. The average molecular weight is 286 g/mol. The van der Waals surface area contributed by atoms with E-state index in [1.807, 2.05) is 4.57 Å². The molecule has 5 heteroatoms. The lowest BCUT2D eigenvalue weighted by Gasteiger charge is -2.21. The van der Waals surface area contributed by atoms with Crippen LogP contribution < -0.4 is 0 Å². The summed E-state index contributed by atoms with van der Waals surface area (Å²) in [6.45, 7) is 6.18. The molecule has 1 heterocycles. The van der Waals surface area contributed by atoms with Crippen LogP contribution in [0, 0.1) is 3.83 Å². The Morgan fingerprint density at radius 3 is 2.09 bits per heavy atom. The SMILES string of the molecule is CC(C)(C)n1c(Cl)nnc1I. The van der Waals surface area contributed by atoms with Gasteiger partial charge in [0.15, 0.2) is 3.83 Å². The van der Waals surface area contributed by atoms with Gasteiger partial charge in [-0.25, -0.2) is 0 Å². The van der Waals surface area contributed by atoms with Crippen LogP contribution in [0.15, 0.2) is 0 Å². The summed E-state index contributed by atoms with van der Waals surface area (Å²) in [7, 11) is 0. The van der Waals surface area contributed by atoms with Gasteiger partial charge in [0.05, 0.1) is 0 Å². The van der Waals surface area contributed by atoms with Gasteiger partial charge in [-0.3, -0.25) is 4.57 Å². The molecule has 0 atom stereocenters. The van der Waals surface area contributed by atoms with Crippen LogP contribution in [0.2, 0.25) is 5.28 Å². The van der Waals surface area contributed by atoms with Crippen molar-refractivity contribution in [3.8, 4) is 0 Å². The highest BCUT2D eigenvalue weighted by Gasteiger charge is 2.20. The fraction of sp³-hybridized carbons (Fsp3) is 0.667. The van der Waals surface area contributed by atoms with Gasteiger partial charge in [-0.15, -0.1) is 10.2 Å². The smallest absolute Gasteiger partial charge is 0.226 e. The van der Waals surface area contributed by atoms with Crippen molar-refractivity contribution >= 4 is 34.2 Å². The zero-order valence-corrected chi connectivity index (χ0v) is 9.51. The van der Waals surface area contributed by atoms with Crippen molar-refractivity contribution in [2.75, 3.05) is 0 Å². The predicted molar refractivity (Wildman–Crippen MR) is 52.7 cm³/mol. The fourth-order valence-corrected chi connectivity index (χ4v) is 2.38. The summed E-state index contributed by atoms with van der Waals surface area (Å²) in [5.41, 5.74) is -0.0445. The Bertz CT molecular complexity index is 244. The lowest BCUT2D eigenvalue weighted by atomic mass is 10.1. The van der Waals surface area contributed by atoms with E-state index in [0.29, 0.717) is 5.28 Å². The quantitative estimate of drug-likeness (QED) is 0.685. The largest absolute Gasteiger partial charge is 0.288 e. The van der Waals surface area contributed by atoms with Crippen molar-refractivity contribution in [2.24, 2.45) is 0 Å². The molecule has 62 valence electrons. The molecule has 0 N–H and O–H groups in total. The molecule has 1 rings (SSSR count). The van der Waals surface area contributed by atoms with Crippen molar-refractivity contribution in [3.05, 3.63) is 9.11 Å². The van der Waals surface area contributed by atoms with Crippen LogP contribution in [0.1, 0.15) is 20.8 Å². The minimum atomic E-state index is -0.0445. The Morgan fingerprint density at radius 1 is 1.36 bits per heavy atom. The van der Waals surface area contributed by atoms with E-state index in [1.165, 1.54) is 0 Å². The molecule has 0 unspecified atom stereocenters. The summed E-state index contributed by atoms with van der Waals surface area (Å²) in [6, 6.07) is 0. The number of hydrogen-bond acceptors (Lipinski definition) is 2. The van der Waals surface area contributed by atoms with Gasteiger partial charge in [0.2, 0.25) is 5.28 Å². The van der Waals surface area contributed by atoms with E-state index >= 15 is 0 Å². The molecule has 0 aliphatic heterocycles. The third kappa shape index (κ3) is 1.84. The van der Waals surface area contributed by atoms with Crippen LogP contribution in [0.25, 0.3) is 0 Å². The molecule has 0 amide bonds. The summed E-state index contributed by atoms with van der Waals surface area (Å²) in [4.78, 5) is 0. The first-order valence-electron chi connectivity index (χ1n) is 3.20. The van der Waals surface area contributed by atoms with Crippen LogP contribution in [0.5, 0.6) is 0 Å². The predicted octanol–water partition coefficient (Wildman–Crippen LogP) is 2.29. The number of halogens is 2. The lowest BCUT2D eigenvalue weighted by molar-refractivity contribution is 0.387. The Kier molecular flexibility index (Phi) is 2.43. The van der Waals surface area contributed by atoms with Crippen LogP contribution in [-0.4, -0.2) is 14.8 Å². The zero-order chi connectivity index (χ0) is 8.65. The fourth-order valence-electron chi connectivity index (χ4n) is 0.802. The van der Waals surface area contributed by atoms with E-state index < -0.39 is 0 Å². The summed E-state index contributed by atoms with van der Waals surface area (Å²) in [6.07, 6.45) is 0. The van der Waals surface area contributed by atoms with Gasteiger partial charge in [-0.05, 0) is 32.4 Å². The molecule has 0 fully saturated rings. The summed E-state index contributed by atoms with van der Waals surface area (Å²) < 4.78 is 2.70.